The molecule has 3 heterocycles. The average Bonchev–Trinajstić information content (AvgIpc) is 3.31. The molecule has 1 aliphatic heterocycles. The van der Waals surface area contributed by atoms with Crippen LogP contribution in [0.25, 0.3) is 10.9 Å². The van der Waals surface area contributed by atoms with Crippen LogP contribution >= 0.6 is 0 Å². The van der Waals surface area contributed by atoms with Gasteiger partial charge in [0.25, 0.3) is 5.56 Å². The first-order valence-corrected chi connectivity index (χ1v) is 12.1. The summed E-state index contributed by atoms with van der Waals surface area (Å²) in [7, 11) is 0. The van der Waals surface area contributed by atoms with Crippen molar-refractivity contribution in [3.8, 4) is 0 Å². The molecular weight excluding hydrogens is 424 g/mol. The van der Waals surface area contributed by atoms with Crippen LogP contribution in [0.4, 0.5) is 5.69 Å². The predicted octanol–water partition coefficient (Wildman–Crippen LogP) is 4.82. The number of aromatic nitrogens is 5. The van der Waals surface area contributed by atoms with Gasteiger partial charge in [-0.25, -0.2) is 4.68 Å². The summed E-state index contributed by atoms with van der Waals surface area (Å²) in [5, 5.41) is 14.0. The average molecular weight is 457 g/mol. The number of H-pyrrole nitrogens is 1. The first-order chi connectivity index (χ1) is 16.3. The van der Waals surface area contributed by atoms with Gasteiger partial charge in [-0.15, -0.1) is 5.10 Å². The Labute approximate surface area is 199 Å². The normalized spacial score (nSPS) is 14.9. The van der Waals surface area contributed by atoms with Gasteiger partial charge >= 0.3 is 0 Å². The van der Waals surface area contributed by atoms with Gasteiger partial charge in [0, 0.05) is 17.8 Å². The minimum atomic E-state index is -0.406. The third-order valence-corrected chi connectivity index (χ3v) is 7.25. The Hall–Kier alpha value is -3.48. The van der Waals surface area contributed by atoms with E-state index in [2.05, 4.69) is 89.5 Å². The number of hydrogen-bond acceptors (Lipinski definition) is 5. The molecule has 4 aromatic rings. The number of nitrogens with one attached hydrogen (secondary N) is 1. The van der Waals surface area contributed by atoms with Crippen molar-refractivity contribution < 1.29 is 0 Å². The number of aromatic amines is 1. The summed E-state index contributed by atoms with van der Waals surface area (Å²) in [5.41, 5.74) is 5.82. The Morgan fingerprint density at radius 3 is 2.74 bits per heavy atom. The van der Waals surface area contributed by atoms with Crippen molar-refractivity contribution in [1.82, 2.24) is 25.2 Å². The van der Waals surface area contributed by atoms with Crippen molar-refractivity contribution in [2.24, 2.45) is 0 Å². The number of hydrogen-bond donors (Lipinski definition) is 1. The number of pyridine rings is 1. The lowest BCUT2D eigenvalue weighted by Crippen LogP contribution is -2.40. The molecule has 0 fully saturated rings. The summed E-state index contributed by atoms with van der Waals surface area (Å²) in [6, 6.07) is 14.3. The van der Waals surface area contributed by atoms with E-state index in [0.29, 0.717) is 11.4 Å². The van der Waals surface area contributed by atoms with Crippen LogP contribution in [0.15, 0.2) is 47.3 Å². The summed E-state index contributed by atoms with van der Waals surface area (Å²) >= 11 is 0. The molecule has 7 nitrogen and oxygen atoms in total. The topological polar surface area (TPSA) is 79.7 Å². The number of fused-ring (bicyclic) bond motifs is 2. The van der Waals surface area contributed by atoms with Gasteiger partial charge < -0.3 is 9.88 Å². The second-order valence-electron chi connectivity index (χ2n) is 10.0. The molecule has 2 aromatic heterocycles. The molecule has 0 aliphatic carbocycles. The number of benzene rings is 2. The van der Waals surface area contributed by atoms with E-state index in [9.17, 15) is 4.79 Å². The fraction of sp³-hybridized carbons (Fsp3) is 0.407. The van der Waals surface area contributed by atoms with Crippen LogP contribution in [0.2, 0.25) is 0 Å². The highest BCUT2D eigenvalue weighted by Gasteiger charge is 2.36. The summed E-state index contributed by atoms with van der Waals surface area (Å²) in [5.74, 6) is 0.692. The molecule has 0 unspecified atom stereocenters. The summed E-state index contributed by atoms with van der Waals surface area (Å²) in [4.78, 5) is 19.1. The number of nitrogens with zero attached hydrogens (tertiary/aromatic N) is 5. The van der Waals surface area contributed by atoms with Crippen LogP contribution in [-0.2, 0) is 12.0 Å². The summed E-state index contributed by atoms with van der Waals surface area (Å²) in [6.45, 7) is 11.3. The van der Waals surface area contributed by atoms with Crippen LogP contribution in [0.1, 0.15) is 67.7 Å². The standard InChI is InChI=1S/C27H32N6O/c1-6-27(4,5)33-25(29-30-31-33)24(32-13-9-11-19-10-7-8-12-22(19)32)21-16-20-15-17(2)14-18(3)23(20)28-26(21)34/h7-8,10,12,14-16,24H,6,9,11,13H2,1-5H3,(H,28,34)/t24-/m1/s1. The maximum atomic E-state index is 13.6. The van der Waals surface area contributed by atoms with Gasteiger partial charge in [0.15, 0.2) is 5.82 Å². The predicted molar refractivity (Wildman–Crippen MR) is 135 cm³/mol. The number of tetrazole rings is 1. The molecule has 2 aromatic carbocycles. The molecule has 7 heteroatoms. The number of anilines is 1. The van der Waals surface area contributed by atoms with Gasteiger partial charge in [0.1, 0.15) is 6.04 Å². The Morgan fingerprint density at radius 1 is 1.15 bits per heavy atom. The van der Waals surface area contributed by atoms with Crippen LogP contribution in [-0.4, -0.2) is 31.7 Å². The first kappa shape index (κ1) is 22.3. The van der Waals surface area contributed by atoms with Gasteiger partial charge in [-0.1, -0.05) is 36.8 Å². The van der Waals surface area contributed by atoms with E-state index < -0.39 is 6.04 Å². The van der Waals surface area contributed by atoms with Crippen molar-refractivity contribution in [2.45, 2.75) is 65.5 Å². The monoisotopic (exact) mass is 456 g/mol. The van der Waals surface area contributed by atoms with Gasteiger partial charge in [-0.2, -0.15) is 0 Å². The zero-order valence-electron chi connectivity index (χ0n) is 20.6. The molecule has 1 atom stereocenters. The second-order valence-corrected chi connectivity index (χ2v) is 10.0. The first-order valence-electron chi connectivity index (χ1n) is 12.1. The van der Waals surface area contributed by atoms with Crippen LogP contribution in [0.5, 0.6) is 0 Å². The molecule has 1 aliphatic rings. The minimum Gasteiger partial charge on any atom is -0.357 e. The molecule has 176 valence electrons. The molecule has 34 heavy (non-hydrogen) atoms. The van der Waals surface area contributed by atoms with Gasteiger partial charge in [-0.05, 0) is 92.1 Å². The molecule has 0 saturated carbocycles. The van der Waals surface area contributed by atoms with Gasteiger partial charge in [0.2, 0.25) is 0 Å². The molecule has 1 N–H and O–H groups in total. The molecule has 0 amide bonds. The molecule has 0 saturated heterocycles. The smallest absolute Gasteiger partial charge is 0.254 e. The zero-order valence-corrected chi connectivity index (χ0v) is 20.6. The van der Waals surface area contributed by atoms with E-state index in [1.54, 1.807) is 0 Å². The molecule has 0 bridgehead atoms. The van der Waals surface area contributed by atoms with E-state index in [0.717, 1.165) is 48.0 Å². The SMILES string of the molecule is CCC(C)(C)n1nnnc1[C@@H](c1cc2cc(C)cc(C)c2[nH]c1=O)N1CCCc2ccccc21. The third-order valence-electron chi connectivity index (χ3n) is 7.25. The largest absolute Gasteiger partial charge is 0.357 e. The Balaban J connectivity index is 1.79. The van der Waals surface area contributed by atoms with Crippen molar-refractivity contribution in [2.75, 3.05) is 11.4 Å². The number of aryl methyl sites for hydroxylation is 3. The van der Waals surface area contributed by atoms with E-state index in [1.807, 2.05) is 17.7 Å². The van der Waals surface area contributed by atoms with Gasteiger partial charge in [0.05, 0.1) is 11.1 Å². The molecule has 0 spiro atoms. The van der Waals surface area contributed by atoms with E-state index in [4.69, 9.17) is 0 Å². The van der Waals surface area contributed by atoms with E-state index >= 15 is 0 Å². The number of para-hydroxylation sites is 1. The summed E-state index contributed by atoms with van der Waals surface area (Å²) < 4.78 is 1.90. The van der Waals surface area contributed by atoms with Crippen molar-refractivity contribution >= 4 is 16.6 Å². The van der Waals surface area contributed by atoms with E-state index in [1.165, 1.54) is 11.1 Å². The maximum Gasteiger partial charge on any atom is 0.254 e. The van der Waals surface area contributed by atoms with Crippen LogP contribution in [0, 0.1) is 13.8 Å². The highest BCUT2D eigenvalue weighted by atomic mass is 16.1. The molecular formula is C27H32N6O. The minimum absolute atomic E-state index is 0.101. The zero-order chi connectivity index (χ0) is 24.0. The van der Waals surface area contributed by atoms with Crippen molar-refractivity contribution in [1.29, 1.82) is 0 Å². The van der Waals surface area contributed by atoms with Crippen LogP contribution < -0.4 is 10.5 Å². The van der Waals surface area contributed by atoms with Crippen molar-refractivity contribution in [3.05, 3.63) is 80.9 Å². The van der Waals surface area contributed by atoms with Gasteiger partial charge in [-0.3, -0.25) is 4.79 Å². The van der Waals surface area contributed by atoms with Crippen molar-refractivity contribution in [3.63, 3.8) is 0 Å². The lowest BCUT2D eigenvalue weighted by atomic mass is 9.95. The highest BCUT2D eigenvalue weighted by molar-refractivity contribution is 5.83. The Morgan fingerprint density at radius 2 is 1.94 bits per heavy atom. The van der Waals surface area contributed by atoms with Crippen LogP contribution in [0.3, 0.4) is 0 Å². The second kappa shape index (κ2) is 8.38. The third kappa shape index (κ3) is 3.69. The molecule has 0 radical (unpaired) electrons. The lowest BCUT2D eigenvalue weighted by molar-refractivity contribution is 0.287. The lowest BCUT2D eigenvalue weighted by Gasteiger charge is -2.38. The maximum absolute atomic E-state index is 13.6. The summed E-state index contributed by atoms with van der Waals surface area (Å²) in [6.07, 6.45) is 2.90. The fourth-order valence-corrected chi connectivity index (χ4v) is 5.13. The Kier molecular flexibility index (Phi) is 5.50. The number of rotatable bonds is 5. The quantitative estimate of drug-likeness (QED) is 0.466. The molecule has 5 rings (SSSR count). The highest BCUT2D eigenvalue weighted by Crippen LogP contribution is 2.38. The Bertz CT molecular complexity index is 1420. The fourth-order valence-electron chi connectivity index (χ4n) is 5.13. The van der Waals surface area contributed by atoms with E-state index in [-0.39, 0.29) is 11.1 Å².